The van der Waals surface area contributed by atoms with E-state index in [1.807, 2.05) is 0 Å². The van der Waals surface area contributed by atoms with Gasteiger partial charge in [-0.2, -0.15) is 0 Å². The second-order valence-electron chi connectivity index (χ2n) is 28.9. The molecule has 0 aromatic rings. The molecule has 0 aliphatic rings. The largest absolute Gasteiger partial charge is 0.472 e. The van der Waals surface area contributed by atoms with Crippen LogP contribution >= 0.6 is 15.6 Å². The molecule has 0 saturated heterocycles. The minimum absolute atomic E-state index is 0.108. The summed E-state index contributed by atoms with van der Waals surface area (Å²) >= 11 is 0. The molecule has 19 heteroatoms. The Morgan fingerprint density at radius 2 is 0.469 bits per heavy atom. The monoisotopic (exact) mass is 1440 g/mol. The van der Waals surface area contributed by atoms with Gasteiger partial charge in [0.2, 0.25) is 0 Å². The van der Waals surface area contributed by atoms with E-state index in [2.05, 4.69) is 34.6 Å². The van der Waals surface area contributed by atoms with Crippen molar-refractivity contribution in [1.82, 2.24) is 0 Å². The number of phosphoric ester groups is 2. The number of unbranched alkanes of at least 4 members (excludes halogenated alkanes) is 51. The highest BCUT2D eigenvalue weighted by Crippen LogP contribution is 2.45. The SMILES string of the molecule is CCCCCCCCCCCCCCCCCCCCCC(=O)O[C@H](COC(=O)CCCCCCCCCCCCCCCCC(C)C)COP(=O)(O)OC[C@@H](O)COP(=O)(O)OC[C@@H](COC(=O)CCCCCCC)OC(=O)CCCCCCCCCCCCCCCCCCC. The third-order valence-corrected chi connectivity index (χ3v) is 20.4. The lowest BCUT2D eigenvalue weighted by molar-refractivity contribution is -0.161. The Kier molecular flexibility index (Phi) is 70.6. The number of carbonyl (C=O) groups excluding carboxylic acids is 4. The van der Waals surface area contributed by atoms with Gasteiger partial charge in [-0.05, 0) is 31.6 Å². The fraction of sp³-hybridized carbons (Fsp3) is 0.949. The van der Waals surface area contributed by atoms with Crippen molar-refractivity contribution in [3.05, 3.63) is 0 Å². The first-order chi connectivity index (χ1) is 47.5. The molecule has 0 aromatic carbocycles. The van der Waals surface area contributed by atoms with E-state index in [1.165, 1.54) is 238 Å². The predicted octanol–water partition coefficient (Wildman–Crippen LogP) is 23.6. The summed E-state index contributed by atoms with van der Waals surface area (Å²) in [5.74, 6) is -1.32. The maximum absolute atomic E-state index is 13.1. The molecular weight excluding hydrogens is 1280 g/mol. The van der Waals surface area contributed by atoms with Crippen LogP contribution in [-0.2, 0) is 65.4 Å². The standard InChI is InChI=1S/C79H154O17P2/c1-6-9-12-15-17-19-21-23-25-27-28-30-32-38-42-46-50-55-60-65-79(84)96-75(69-90-77(82)63-58-53-48-44-40-36-34-33-35-39-43-47-52-56-61-72(4)5)71-94-98(87,88)92-67-73(80)66-91-97(85,86)93-70-74(68-89-76(81)62-57-51-14-11-8-3)95-78(83)64-59-54-49-45-41-37-31-29-26-24-22-20-18-16-13-10-7-2/h72-75,80H,6-71H2,1-5H3,(H,85,86)(H,87,88)/t73-,74+,75+/m0/s1. The fourth-order valence-electron chi connectivity index (χ4n) is 12.2. The summed E-state index contributed by atoms with van der Waals surface area (Å²) in [6, 6.07) is 0. The number of hydrogen-bond acceptors (Lipinski definition) is 15. The molecule has 0 fully saturated rings. The maximum Gasteiger partial charge on any atom is 0.472 e. The Bertz CT molecular complexity index is 1870. The number of aliphatic hydroxyl groups is 1. The van der Waals surface area contributed by atoms with Crippen molar-refractivity contribution >= 4 is 39.5 Å². The van der Waals surface area contributed by atoms with Gasteiger partial charge in [-0.15, -0.1) is 0 Å². The molecule has 0 spiro atoms. The van der Waals surface area contributed by atoms with E-state index in [1.54, 1.807) is 0 Å². The minimum atomic E-state index is -4.96. The van der Waals surface area contributed by atoms with Crippen molar-refractivity contribution in [2.45, 2.75) is 438 Å². The fourth-order valence-corrected chi connectivity index (χ4v) is 13.8. The molecule has 3 N–H and O–H groups in total. The second-order valence-corrected chi connectivity index (χ2v) is 31.8. The molecule has 0 saturated carbocycles. The van der Waals surface area contributed by atoms with Crippen molar-refractivity contribution in [3.63, 3.8) is 0 Å². The van der Waals surface area contributed by atoms with Crippen LogP contribution in [0, 0.1) is 5.92 Å². The average Bonchev–Trinajstić information content (AvgIpc) is 1.17. The molecule has 582 valence electrons. The molecule has 0 aromatic heterocycles. The topological polar surface area (TPSA) is 237 Å². The zero-order valence-electron chi connectivity index (χ0n) is 63.9. The van der Waals surface area contributed by atoms with Crippen molar-refractivity contribution in [2.24, 2.45) is 5.92 Å². The van der Waals surface area contributed by atoms with Crippen molar-refractivity contribution in [3.8, 4) is 0 Å². The highest BCUT2D eigenvalue weighted by molar-refractivity contribution is 7.47. The van der Waals surface area contributed by atoms with Crippen molar-refractivity contribution in [2.75, 3.05) is 39.6 Å². The van der Waals surface area contributed by atoms with Gasteiger partial charge in [0, 0.05) is 25.7 Å². The lowest BCUT2D eigenvalue weighted by atomic mass is 10.0. The summed E-state index contributed by atoms with van der Waals surface area (Å²) in [7, 11) is -9.91. The van der Waals surface area contributed by atoms with Crippen LogP contribution in [0.4, 0.5) is 0 Å². The molecule has 0 aliphatic carbocycles. The van der Waals surface area contributed by atoms with Crippen molar-refractivity contribution in [1.29, 1.82) is 0 Å². The molecule has 0 heterocycles. The second kappa shape index (κ2) is 72.0. The van der Waals surface area contributed by atoms with Gasteiger partial charge in [-0.1, -0.05) is 369 Å². The van der Waals surface area contributed by atoms with Gasteiger partial charge in [0.1, 0.15) is 19.3 Å². The van der Waals surface area contributed by atoms with Crippen LogP contribution in [0.3, 0.4) is 0 Å². The predicted molar refractivity (Wildman–Crippen MR) is 400 cm³/mol. The van der Waals surface area contributed by atoms with E-state index in [0.29, 0.717) is 25.7 Å². The van der Waals surface area contributed by atoms with Crippen LogP contribution in [0.15, 0.2) is 0 Å². The number of phosphoric acid groups is 2. The van der Waals surface area contributed by atoms with Gasteiger partial charge in [0.25, 0.3) is 0 Å². The molecule has 5 atom stereocenters. The van der Waals surface area contributed by atoms with Crippen LogP contribution in [0.1, 0.15) is 420 Å². The van der Waals surface area contributed by atoms with E-state index in [0.717, 1.165) is 102 Å². The summed E-state index contributed by atoms with van der Waals surface area (Å²) < 4.78 is 68.4. The lowest BCUT2D eigenvalue weighted by Crippen LogP contribution is -2.30. The molecule has 0 aliphatic heterocycles. The van der Waals surface area contributed by atoms with E-state index in [4.69, 9.17) is 37.0 Å². The van der Waals surface area contributed by atoms with E-state index >= 15 is 0 Å². The number of carbonyl (C=O) groups is 4. The van der Waals surface area contributed by atoms with Crippen LogP contribution in [0.25, 0.3) is 0 Å². The normalized spacial score (nSPS) is 13.9. The van der Waals surface area contributed by atoms with E-state index in [-0.39, 0.29) is 25.7 Å². The van der Waals surface area contributed by atoms with Gasteiger partial charge in [0.15, 0.2) is 12.2 Å². The van der Waals surface area contributed by atoms with Gasteiger partial charge in [-0.25, -0.2) is 9.13 Å². The van der Waals surface area contributed by atoms with Crippen LogP contribution in [0.2, 0.25) is 0 Å². The Balaban J connectivity index is 5.12. The van der Waals surface area contributed by atoms with Gasteiger partial charge >= 0.3 is 39.5 Å². The molecule has 17 nitrogen and oxygen atoms in total. The van der Waals surface area contributed by atoms with E-state index in [9.17, 15) is 43.2 Å². The molecule has 0 amide bonds. The quantitative estimate of drug-likeness (QED) is 0.0222. The molecule has 0 rings (SSSR count). The first-order valence-electron chi connectivity index (χ1n) is 41.1. The Labute approximate surface area is 600 Å². The number of aliphatic hydroxyl groups excluding tert-OH is 1. The smallest absolute Gasteiger partial charge is 0.462 e. The van der Waals surface area contributed by atoms with Crippen LogP contribution in [0.5, 0.6) is 0 Å². The third kappa shape index (κ3) is 72.4. The molecule has 0 bridgehead atoms. The first kappa shape index (κ1) is 96.1. The number of esters is 4. The van der Waals surface area contributed by atoms with Gasteiger partial charge in [-0.3, -0.25) is 37.3 Å². The van der Waals surface area contributed by atoms with Gasteiger partial charge < -0.3 is 33.8 Å². The Morgan fingerprint density at radius 1 is 0.276 bits per heavy atom. The Morgan fingerprint density at radius 3 is 0.694 bits per heavy atom. The first-order valence-corrected chi connectivity index (χ1v) is 44.1. The van der Waals surface area contributed by atoms with Crippen LogP contribution in [-0.4, -0.2) is 96.7 Å². The average molecular weight is 1440 g/mol. The number of rotatable bonds is 79. The summed E-state index contributed by atoms with van der Waals surface area (Å²) in [6.07, 6.45) is 62.9. The molecule has 0 radical (unpaired) electrons. The molecule has 2 unspecified atom stereocenters. The summed E-state index contributed by atoms with van der Waals surface area (Å²) in [5.41, 5.74) is 0. The summed E-state index contributed by atoms with van der Waals surface area (Å²) in [4.78, 5) is 72.7. The van der Waals surface area contributed by atoms with Crippen molar-refractivity contribution < 1.29 is 80.2 Å². The van der Waals surface area contributed by atoms with Gasteiger partial charge in [0.05, 0.1) is 26.4 Å². The number of hydrogen-bond donors (Lipinski definition) is 3. The Hall–Kier alpha value is -1.94. The zero-order valence-corrected chi connectivity index (χ0v) is 65.7. The number of ether oxygens (including phenoxy) is 4. The maximum atomic E-state index is 13.1. The zero-order chi connectivity index (χ0) is 71.9. The van der Waals surface area contributed by atoms with E-state index < -0.39 is 97.5 Å². The minimum Gasteiger partial charge on any atom is -0.462 e. The van der Waals surface area contributed by atoms with Crippen LogP contribution < -0.4 is 0 Å². The summed E-state index contributed by atoms with van der Waals surface area (Å²) in [5, 5.41) is 10.6. The lowest BCUT2D eigenvalue weighted by Gasteiger charge is -2.21. The highest BCUT2D eigenvalue weighted by Gasteiger charge is 2.30. The molecular formula is C79H154O17P2. The summed E-state index contributed by atoms with van der Waals surface area (Å²) in [6.45, 7) is 7.26. The highest BCUT2D eigenvalue weighted by atomic mass is 31.2. The molecule has 98 heavy (non-hydrogen) atoms. The third-order valence-electron chi connectivity index (χ3n) is 18.5.